The second-order valence-corrected chi connectivity index (χ2v) is 7.07. The van der Waals surface area contributed by atoms with Gasteiger partial charge in [0.2, 0.25) is 0 Å². The van der Waals surface area contributed by atoms with Crippen LogP contribution in [0.1, 0.15) is 11.1 Å². The summed E-state index contributed by atoms with van der Waals surface area (Å²) in [5.74, 6) is 1.80. The van der Waals surface area contributed by atoms with Gasteiger partial charge in [-0.25, -0.2) is 4.68 Å². The largest absolute Gasteiger partial charge is 0.497 e. The van der Waals surface area contributed by atoms with E-state index >= 15 is 0 Å². The fourth-order valence-electron chi connectivity index (χ4n) is 2.80. The molecule has 1 aromatic heterocycles. The van der Waals surface area contributed by atoms with Gasteiger partial charge in [-0.05, 0) is 41.5 Å². The minimum atomic E-state index is 0.726. The molecule has 26 heavy (non-hydrogen) atoms. The fourth-order valence-corrected chi connectivity index (χ4v) is 3.68. The van der Waals surface area contributed by atoms with Gasteiger partial charge in [0.05, 0.1) is 19.2 Å². The van der Waals surface area contributed by atoms with Crippen LogP contribution in [0.3, 0.4) is 0 Å². The lowest BCUT2D eigenvalue weighted by Crippen LogP contribution is -2.01. The Balaban J connectivity index is 1.51. The number of hydrogen-bond donors (Lipinski definition) is 0. The molecule has 4 nitrogen and oxygen atoms in total. The molecular formula is C21H19N3OS. The Morgan fingerprint density at radius 3 is 2.50 bits per heavy atom. The van der Waals surface area contributed by atoms with Crippen LogP contribution in [0, 0.1) is 0 Å². The highest BCUT2D eigenvalue weighted by atomic mass is 32.2. The average Bonchev–Trinajstić information content (AvgIpc) is 3.10. The number of aromatic nitrogens is 3. The van der Waals surface area contributed by atoms with E-state index in [1.54, 1.807) is 7.11 Å². The van der Waals surface area contributed by atoms with E-state index < -0.39 is 0 Å². The molecule has 0 atom stereocenters. The Hall–Kier alpha value is -2.79. The molecule has 0 unspecified atom stereocenters. The third-order valence-electron chi connectivity index (χ3n) is 4.23. The van der Waals surface area contributed by atoms with Crippen LogP contribution in [0.4, 0.5) is 0 Å². The van der Waals surface area contributed by atoms with Gasteiger partial charge in [0.15, 0.2) is 0 Å². The summed E-state index contributed by atoms with van der Waals surface area (Å²) in [6.07, 6.45) is 0. The van der Waals surface area contributed by atoms with Crippen LogP contribution in [0.15, 0.2) is 77.7 Å². The van der Waals surface area contributed by atoms with Crippen molar-refractivity contribution < 1.29 is 4.74 Å². The van der Waals surface area contributed by atoms with Crippen LogP contribution >= 0.6 is 11.8 Å². The van der Waals surface area contributed by atoms with Crippen molar-refractivity contribution in [3.63, 3.8) is 0 Å². The highest BCUT2D eigenvalue weighted by molar-refractivity contribution is 7.98. The average molecular weight is 361 g/mol. The fraction of sp³-hybridized carbons (Fsp3) is 0.143. The lowest BCUT2D eigenvalue weighted by atomic mass is 10.2. The van der Waals surface area contributed by atoms with Crippen molar-refractivity contribution in [1.29, 1.82) is 0 Å². The highest BCUT2D eigenvalue weighted by Gasteiger charge is 2.07. The van der Waals surface area contributed by atoms with Gasteiger partial charge in [0.25, 0.3) is 0 Å². The predicted octanol–water partition coefficient (Wildman–Crippen LogP) is 4.78. The van der Waals surface area contributed by atoms with Crippen molar-refractivity contribution in [2.75, 3.05) is 7.11 Å². The third kappa shape index (κ3) is 3.73. The first kappa shape index (κ1) is 16.7. The Morgan fingerprint density at radius 1 is 0.923 bits per heavy atom. The van der Waals surface area contributed by atoms with Gasteiger partial charge in [0, 0.05) is 10.6 Å². The molecule has 0 N–H and O–H groups in total. The van der Waals surface area contributed by atoms with Crippen molar-refractivity contribution in [2.24, 2.45) is 0 Å². The van der Waals surface area contributed by atoms with Crippen molar-refractivity contribution >= 4 is 22.8 Å². The number of methoxy groups -OCH3 is 1. The SMILES string of the molecule is COc1ccc(CSc2ccc3nnn(Cc4ccccc4)c3c2)cc1. The van der Waals surface area contributed by atoms with Gasteiger partial charge in [0.1, 0.15) is 11.3 Å². The van der Waals surface area contributed by atoms with Crippen molar-refractivity contribution in [1.82, 2.24) is 15.0 Å². The molecule has 0 amide bonds. The Kier molecular flexibility index (Phi) is 4.88. The van der Waals surface area contributed by atoms with E-state index in [0.717, 1.165) is 29.1 Å². The molecule has 1 heterocycles. The van der Waals surface area contributed by atoms with E-state index in [2.05, 4.69) is 46.7 Å². The molecule has 4 aromatic rings. The van der Waals surface area contributed by atoms with Gasteiger partial charge >= 0.3 is 0 Å². The number of rotatable bonds is 6. The Labute approximate surface area is 156 Å². The summed E-state index contributed by atoms with van der Waals surface area (Å²) >= 11 is 1.81. The first-order valence-corrected chi connectivity index (χ1v) is 9.43. The molecular weight excluding hydrogens is 342 g/mol. The number of fused-ring (bicyclic) bond motifs is 1. The zero-order valence-corrected chi connectivity index (χ0v) is 15.3. The molecule has 0 aliphatic heterocycles. The monoisotopic (exact) mass is 361 g/mol. The maximum Gasteiger partial charge on any atom is 0.118 e. The summed E-state index contributed by atoms with van der Waals surface area (Å²) in [4.78, 5) is 1.21. The Bertz CT molecular complexity index is 997. The molecule has 3 aromatic carbocycles. The van der Waals surface area contributed by atoms with Crippen LogP contribution in [0.2, 0.25) is 0 Å². The molecule has 0 bridgehead atoms. The molecule has 0 spiro atoms. The second kappa shape index (κ2) is 7.62. The zero-order chi connectivity index (χ0) is 17.8. The van der Waals surface area contributed by atoms with Crippen molar-refractivity contribution in [3.05, 3.63) is 83.9 Å². The quantitative estimate of drug-likeness (QED) is 0.463. The molecule has 5 heteroatoms. The van der Waals surface area contributed by atoms with Gasteiger partial charge in [-0.15, -0.1) is 16.9 Å². The molecule has 4 rings (SSSR count). The van der Waals surface area contributed by atoms with Crippen LogP contribution < -0.4 is 4.74 Å². The van der Waals surface area contributed by atoms with Crippen LogP contribution in [0.25, 0.3) is 11.0 Å². The number of benzene rings is 3. The molecule has 0 aliphatic carbocycles. The first-order valence-electron chi connectivity index (χ1n) is 8.45. The van der Waals surface area contributed by atoms with Gasteiger partial charge < -0.3 is 4.74 Å². The number of hydrogen-bond acceptors (Lipinski definition) is 4. The molecule has 0 fully saturated rings. The van der Waals surface area contributed by atoms with Crippen molar-refractivity contribution in [3.8, 4) is 5.75 Å². The number of ether oxygens (including phenoxy) is 1. The van der Waals surface area contributed by atoms with Crippen LogP contribution in [0.5, 0.6) is 5.75 Å². The maximum absolute atomic E-state index is 5.21. The van der Waals surface area contributed by atoms with Gasteiger partial charge in [-0.1, -0.05) is 47.7 Å². The first-order chi connectivity index (χ1) is 12.8. The van der Waals surface area contributed by atoms with Crippen LogP contribution in [-0.2, 0) is 12.3 Å². The Morgan fingerprint density at radius 2 is 1.73 bits per heavy atom. The number of thioether (sulfide) groups is 1. The lowest BCUT2D eigenvalue weighted by molar-refractivity contribution is 0.414. The van der Waals surface area contributed by atoms with E-state index in [4.69, 9.17) is 4.74 Å². The van der Waals surface area contributed by atoms with E-state index in [1.165, 1.54) is 16.0 Å². The molecule has 0 saturated carbocycles. The van der Waals surface area contributed by atoms with Crippen LogP contribution in [-0.4, -0.2) is 22.1 Å². The highest BCUT2D eigenvalue weighted by Crippen LogP contribution is 2.26. The van der Waals surface area contributed by atoms with Gasteiger partial charge in [-0.3, -0.25) is 0 Å². The summed E-state index contributed by atoms with van der Waals surface area (Å²) in [6, 6.07) is 24.9. The van der Waals surface area contributed by atoms with Gasteiger partial charge in [-0.2, -0.15) is 0 Å². The van der Waals surface area contributed by atoms with E-state index in [9.17, 15) is 0 Å². The standard InChI is InChI=1S/C21H19N3OS/c1-25-18-9-7-17(8-10-18)15-26-19-11-12-20-21(13-19)24(23-22-20)14-16-5-3-2-4-6-16/h2-13H,14-15H2,1H3. The molecule has 0 saturated heterocycles. The topological polar surface area (TPSA) is 39.9 Å². The smallest absolute Gasteiger partial charge is 0.118 e. The predicted molar refractivity (Wildman–Crippen MR) is 106 cm³/mol. The summed E-state index contributed by atoms with van der Waals surface area (Å²) < 4.78 is 7.17. The minimum Gasteiger partial charge on any atom is -0.497 e. The second-order valence-electron chi connectivity index (χ2n) is 6.02. The van der Waals surface area contributed by atoms with E-state index in [-0.39, 0.29) is 0 Å². The lowest BCUT2D eigenvalue weighted by Gasteiger charge is -2.06. The number of nitrogens with zero attached hydrogens (tertiary/aromatic N) is 3. The molecule has 0 radical (unpaired) electrons. The van der Waals surface area contributed by atoms with E-state index in [1.807, 2.05) is 52.8 Å². The van der Waals surface area contributed by atoms with E-state index in [0.29, 0.717) is 0 Å². The maximum atomic E-state index is 5.21. The van der Waals surface area contributed by atoms with Crippen molar-refractivity contribution in [2.45, 2.75) is 17.2 Å². The molecule has 0 aliphatic rings. The normalized spacial score (nSPS) is 11.0. The summed E-state index contributed by atoms with van der Waals surface area (Å²) in [6.45, 7) is 0.726. The molecule has 130 valence electrons. The minimum absolute atomic E-state index is 0.726. The summed E-state index contributed by atoms with van der Waals surface area (Å²) in [7, 11) is 1.69. The zero-order valence-electron chi connectivity index (χ0n) is 14.5. The summed E-state index contributed by atoms with van der Waals surface area (Å²) in [5, 5.41) is 8.60. The summed E-state index contributed by atoms with van der Waals surface area (Å²) in [5.41, 5.74) is 4.48. The third-order valence-corrected chi connectivity index (χ3v) is 5.29.